The summed E-state index contributed by atoms with van der Waals surface area (Å²) in [6.07, 6.45) is -0.0404. The van der Waals surface area contributed by atoms with Crippen LogP contribution in [0.2, 0.25) is 0 Å². The third kappa shape index (κ3) is 5.91. The monoisotopic (exact) mass is 504 g/mol. The van der Waals surface area contributed by atoms with E-state index >= 15 is 0 Å². The number of hydrogen-bond acceptors (Lipinski definition) is 3. The third-order valence-corrected chi connectivity index (χ3v) is 7.91. The number of rotatable bonds is 5. The molecule has 0 N–H and O–H groups in total. The predicted molar refractivity (Wildman–Crippen MR) is 130 cm³/mol. The number of ether oxygens (including phenoxy) is 1. The Hall–Kier alpha value is -2.75. The average molecular weight is 505 g/mol. The van der Waals surface area contributed by atoms with Crippen LogP contribution in [0.1, 0.15) is 12.8 Å². The Kier molecular flexibility index (Phi) is 7.30. The van der Waals surface area contributed by atoms with E-state index in [1.807, 2.05) is 48.5 Å². The molecule has 1 atom stereocenters. The van der Waals surface area contributed by atoms with Gasteiger partial charge in [-0.3, -0.25) is 4.79 Å². The summed E-state index contributed by atoms with van der Waals surface area (Å²) in [7, 11) is -1.41. The molecule has 0 radical (unpaired) electrons. The molecule has 1 spiro atoms. The second-order valence-electron chi connectivity index (χ2n) is 8.86. The SMILES string of the molecule is C=C/C=c1/ccc(-c2ccc(S(=O)N3CCC4(CC3)CN(CC(F)(F)F)C(=O)CO4)cc2)cc1=C. The van der Waals surface area contributed by atoms with Gasteiger partial charge in [0.05, 0.1) is 17.0 Å². The van der Waals surface area contributed by atoms with Gasteiger partial charge in [0.2, 0.25) is 5.91 Å². The zero-order chi connectivity index (χ0) is 25.2. The van der Waals surface area contributed by atoms with E-state index in [2.05, 4.69) is 13.2 Å². The number of nitrogens with zero attached hydrogens (tertiary/aromatic N) is 2. The highest BCUT2D eigenvalue weighted by molar-refractivity contribution is 7.82. The number of amides is 1. The Morgan fingerprint density at radius 1 is 1.09 bits per heavy atom. The Labute approximate surface area is 204 Å². The lowest BCUT2D eigenvalue weighted by molar-refractivity contribution is -0.193. The summed E-state index contributed by atoms with van der Waals surface area (Å²) in [6, 6.07) is 13.4. The minimum Gasteiger partial charge on any atom is -0.363 e. The highest BCUT2D eigenvalue weighted by atomic mass is 32.2. The van der Waals surface area contributed by atoms with Gasteiger partial charge in [-0.2, -0.15) is 13.2 Å². The number of carbonyl (C=O) groups is 1. The molecule has 186 valence electrons. The standard InChI is InChI=1S/C26H27F3N2O3S/c1-3-4-20-5-6-22(15-19(20)2)21-7-9-23(10-8-21)35(33)31-13-11-25(12-14-31)17-30(18-26(27,28)29)24(32)16-34-25/h3-10,15H,1-2,11-14,16-18H2/b20-4-. The van der Waals surface area contributed by atoms with Gasteiger partial charge in [-0.05, 0) is 52.6 Å². The summed E-state index contributed by atoms with van der Waals surface area (Å²) in [6.45, 7) is 6.84. The van der Waals surface area contributed by atoms with Crippen molar-refractivity contribution in [1.82, 2.24) is 9.21 Å². The van der Waals surface area contributed by atoms with E-state index in [0.717, 1.165) is 26.5 Å². The van der Waals surface area contributed by atoms with E-state index in [4.69, 9.17) is 4.74 Å². The van der Waals surface area contributed by atoms with E-state index in [1.165, 1.54) is 0 Å². The summed E-state index contributed by atoms with van der Waals surface area (Å²) < 4.78 is 59.2. The van der Waals surface area contributed by atoms with Gasteiger partial charge < -0.3 is 9.64 Å². The molecule has 1 unspecified atom stereocenters. The van der Waals surface area contributed by atoms with Crippen LogP contribution >= 0.6 is 0 Å². The van der Waals surface area contributed by atoms with E-state index in [-0.39, 0.29) is 13.2 Å². The molecule has 2 aromatic carbocycles. The Morgan fingerprint density at radius 2 is 1.74 bits per heavy atom. The fourth-order valence-electron chi connectivity index (χ4n) is 4.50. The predicted octanol–water partition coefficient (Wildman–Crippen LogP) is 3.01. The molecule has 2 heterocycles. The number of hydrogen-bond donors (Lipinski definition) is 0. The van der Waals surface area contributed by atoms with Crippen LogP contribution in [0.3, 0.4) is 0 Å². The molecule has 9 heteroatoms. The molecule has 2 fully saturated rings. The molecule has 0 aliphatic carbocycles. The largest absolute Gasteiger partial charge is 0.406 e. The lowest BCUT2D eigenvalue weighted by Gasteiger charge is -2.46. The second-order valence-corrected chi connectivity index (χ2v) is 10.3. The van der Waals surface area contributed by atoms with Gasteiger partial charge in [0.1, 0.15) is 24.1 Å². The van der Waals surface area contributed by atoms with Crippen LogP contribution in [0, 0.1) is 0 Å². The molecule has 1 amide bonds. The molecule has 0 aromatic heterocycles. The molecule has 2 aliphatic rings. The first-order valence-corrected chi connectivity index (χ1v) is 12.4. The van der Waals surface area contributed by atoms with Crippen molar-refractivity contribution in [2.75, 3.05) is 32.8 Å². The summed E-state index contributed by atoms with van der Waals surface area (Å²) >= 11 is 0. The topological polar surface area (TPSA) is 49.9 Å². The van der Waals surface area contributed by atoms with Gasteiger partial charge in [0, 0.05) is 13.1 Å². The quantitative estimate of drug-likeness (QED) is 0.629. The molecule has 35 heavy (non-hydrogen) atoms. The first-order valence-electron chi connectivity index (χ1n) is 11.3. The van der Waals surface area contributed by atoms with Crippen molar-refractivity contribution in [1.29, 1.82) is 0 Å². The molecule has 2 aromatic rings. The lowest BCUT2D eigenvalue weighted by Crippen LogP contribution is -2.60. The van der Waals surface area contributed by atoms with Crippen LogP contribution in [-0.4, -0.2) is 63.9 Å². The van der Waals surface area contributed by atoms with E-state index in [0.29, 0.717) is 30.8 Å². The van der Waals surface area contributed by atoms with Crippen molar-refractivity contribution in [3.8, 4) is 11.1 Å². The van der Waals surface area contributed by atoms with Crippen LogP contribution in [0.25, 0.3) is 23.8 Å². The lowest BCUT2D eigenvalue weighted by atomic mass is 9.90. The molecule has 0 bridgehead atoms. The minimum absolute atomic E-state index is 0.0991. The van der Waals surface area contributed by atoms with Crippen molar-refractivity contribution >= 4 is 29.5 Å². The van der Waals surface area contributed by atoms with Gasteiger partial charge >= 0.3 is 6.18 Å². The number of allylic oxidation sites excluding steroid dienone is 1. The molecule has 2 aliphatic heterocycles. The van der Waals surface area contributed by atoms with E-state index in [1.54, 1.807) is 10.4 Å². The molecule has 0 saturated carbocycles. The Bertz CT molecular complexity index is 1240. The maximum absolute atomic E-state index is 13.2. The summed E-state index contributed by atoms with van der Waals surface area (Å²) in [5.74, 6) is -0.654. The smallest absolute Gasteiger partial charge is 0.363 e. The van der Waals surface area contributed by atoms with Gasteiger partial charge in [0.15, 0.2) is 0 Å². The summed E-state index contributed by atoms with van der Waals surface area (Å²) in [5.41, 5.74) is 1.15. The zero-order valence-electron chi connectivity index (χ0n) is 19.2. The van der Waals surface area contributed by atoms with Crippen molar-refractivity contribution in [3.05, 3.63) is 65.6 Å². The van der Waals surface area contributed by atoms with E-state index < -0.39 is 35.2 Å². The average Bonchev–Trinajstić information content (AvgIpc) is 2.82. The first kappa shape index (κ1) is 25.3. The van der Waals surface area contributed by atoms with Gasteiger partial charge in [-0.1, -0.05) is 49.6 Å². The van der Waals surface area contributed by atoms with Crippen LogP contribution in [-0.2, 0) is 20.5 Å². The molecule has 5 nitrogen and oxygen atoms in total. The summed E-state index contributed by atoms with van der Waals surface area (Å²) in [4.78, 5) is 13.4. The van der Waals surface area contributed by atoms with Gasteiger partial charge in [-0.25, -0.2) is 8.51 Å². The highest BCUT2D eigenvalue weighted by Gasteiger charge is 2.45. The minimum atomic E-state index is -4.45. The van der Waals surface area contributed by atoms with Crippen LogP contribution in [0.5, 0.6) is 0 Å². The van der Waals surface area contributed by atoms with Crippen LogP contribution in [0.15, 0.2) is 60.0 Å². The van der Waals surface area contributed by atoms with Gasteiger partial charge in [0.25, 0.3) is 0 Å². The van der Waals surface area contributed by atoms with Crippen LogP contribution in [0.4, 0.5) is 13.2 Å². The molecular weight excluding hydrogens is 477 g/mol. The maximum atomic E-state index is 13.2. The molecule has 4 rings (SSSR count). The van der Waals surface area contributed by atoms with Crippen molar-refractivity contribution < 1.29 is 26.9 Å². The van der Waals surface area contributed by atoms with Crippen molar-refractivity contribution in [2.45, 2.75) is 29.5 Å². The number of carbonyl (C=O) groups excluding carboxylic acids is 1. The number of halogens is 3. The fraction of sp³-hybridized carbons (Fsp3) is 0.346. The Balaban J connectivity index is 1.40. The normalized spacial score (nSPS) is 20.3. The zero-order valence-corrected chi connectivity index (χ0v) is 20.0. The maximum Gasteiger partial charge on any atom is 0.406 e. The number of piperidine rings is 1. The third-order valence-electron chi connectivity index (χ3n) is 6.40. The van der Waals surface area contributed by atoms with Gasteiger partial charge in [-0.15, -0.1) is 0 Å². The highest BCUT2D eigenvalue weighted by Crippen LogP contribution is 2.33. The fourth-order valence-corrected chi connectivity index (χ4v) is 5.68. The first-order chi connectivity index (χ1) is 16.6. The van der Waals surface area contributed by atoms with Crippen molar-refractivity contribution in [3.63, 3.8) is 0 Å². The second kappa shape index (κ2) is 10.1. The molecule has 2 saturated heterocycles. The number of alkyl halides is 3. The van der Waals surface area contributed by atoms with E-state index in [9.17, 15) is 22.2 Å². The Morgan fingerprint density at radius 3 is 2.34 bits per heavy atom. The van der Waals surface area contributed by atoms with Crippen LogP contribution < -0.4 is 10.4 Å². The number of benzene rings is 2. The molecular formula is C26H27F3N2O3S. The number of morpholine rings is 1. The summed E-state index contributed by atoms with van der Waals surface area (Å²) in [5, 5.41) is 1.88. The van der Waals surface area contributed by atoms with Crippen molar-refractivity contribution in [2.24, 2.45) is 0 Å².